The van der Waals surface area contributed by atoms with Crippen LogP contribution in [0, 0.1) is 11.7 Å². The second-order valence-electron chi connectivity index (χ2n) is 6.76. The van der Waals surface area contributed by atoms with Crippen molar-refractivity contribution in [3.63, 3.8) is 0 Å². The van der Waals surface area contributed by atoms with Gasteiger partial charge < -0.3 is 10.6 Å². The molecule has 2 saturated heterocycles. The number of benzene rings is 1. The molecule has 1 aromatic carbocycles. The van der Waals surface area contributed by atoms with Gasteiger partial charge in [0.1, 0.15) is 5.82 Å². The van der Waals surface area contributed by atoms with Crippen LogP contribution in [-0.4, -0.2) is 43.0 Å². The molecular formula is C18H28Cl2FN3O. The molecule has 2 fully saturated rings. The average molecular weight is 392 g/mol. The first kappa shape index (κ1) is 22.2. The lowest BCUT2D eigenvalue weighted by Crippen LogP contribution is -2.50. The molecule has 2 aliphatic heterocycles. The highest BCUT2D eigenvalue weighted by atomic mass is 35.5. The Bertz CT molecular complexity index is 541. The third kappa shape index (κ3) is 6.74. The topological polar surface area (TPSA) is 44.4 Å². The molecule has 25 heavy (non-hydrogen) atoms. The molecular weight excluding hydrogens is 364 g/mol. The van der Waals surface area contributed by atoms with Crippen molar-refractivity contribution in [3.05, 3.63) is 35.6 Å². The van der Waals surface area contributed by atoms with Gasteiger partial charge in [-0.25, -0.2) is 4.39 Å². The van der Waals surface area contributed by atoms with Crippen LogP contribution < -0.4 is 10.6 Å². The van der Waals surface area contributed by atoms with E-state index in [0.29, 0.717) is 6.54 Å². The summed E-state index contributed by atoms with van der Waals surface area (Å²) in [5, 5.41) is 6.52. The highest BCUT2D eigenvalue weighted by molar-refractivity contribution is 5.85. The van der Waals surface area contributed by atoms with Crippen molar-refractivity contribution in [1.82, 2.24) is 15.5 Å². The summed E-state index contributed by atoms with van der Waals surface area (Å²) < 4.78 is 13.3. The second-order valence-corrected chi connectivity index (χ2v) is 6.76. The number of rotatable bonds is 4. The van der Waals surface area contributed by atoms with Gasteiger partial charge in [0.25, 0.3) is 0 Å². The maximum Gasteiger partial charge on any atom is 0.224 e. The molecule has 7 heteroatoms. The van der Waals surface area contributed by atoms with E-state index in [4.69, 9.17) is 0 Å². The van der Waals surface area contributed by atoms with Gasteiger partial charge in [-0.05, 0) is 56.5 Å². The van der Waals surface area contributed by atoms with Gasteiger partial charge in [-0.1, -0.05) is 12.1 Å². The minimum atomic E-state index is -0.196. The zero-order valence-electron chi connectivity index (χ0n) is 14.4. The van der Waals surface area contributed by atoms with E-state index in [0.717, 1.165) is 57.4 Å². The smallest absolute Gasteiger partial charge is 0.224 e. The fourth-order valence-electron chi connectivity index (χ4n) is 3.60. The number of carbonyl (C=O) groups is 1. The summed E-state index contributed by atoms with van der Waals surface area (Å²) in [7, 11) is 0. The van der Waals surface area contributed by atoms with Crippen LogP contribution in [0.3, 0.4) is 0 Å². The maximum atomic E-state index is 13.3. The van der Waals surface area contributed by atoms with Crippen molar-refractivity contribution in [2.45, 2.75) is 38.3 Å². The number of nitrogens with one attached hydrogen (secondary N) is 2. The van der Waals surface area contributed by atoms with Gasteiger partial charge in [0, 0.05) is 25.7 Å². The standard InChI is InChI=1S/C18H26FN3O.2ClH/c19-16-6-1-4-14(10-16)12-22-9-3-5-15(13-22)18(23)21-17-7-2-8-20-11-17;;/h1,4,6,10,15,17,20H,2-3,5,7-9,11-13H2,(H,21,23);2*1H. The van der Waals surface area contributed by atoms with Gasteiger partial charge in [-0.2, -0.15) is 0 Å². The minimum Gasteiger partial charge on any atom is -0.352 e. The van der Waals surface area contributed by atoms with E-state index in [1.807, 2.05) is 6.07 Å². The molecule has 2 N–H and O–H groups in total. The molecule has 0 saturated carbocycles. The Morgan fingerprint density at radius 1 is 1.28 bits per heavy atom. The number of piperidine rings is 2. The van der Waals surface area contributed by atoms with Gasteiger partial charge in [-0.3, -0.25) is 9.69 Å². The Morgan fingerprint density at radius 2 is 2.12 bits per heavy atom. The van der Waals surface area contributed by atoms with Crippen LogP contribution in [0.1, 0.15) is 31.2 Å². The van der Waals surface area contributed by atoms with Crippen molar-refractivity contribution in [2.75, 3.05) is 26.2 Å². The molecule has 1 aromatic rings. The van der Waals surface area contributed by atoms with E-state index in [-0.39, 0.29) is 48.5 Å². The minimum absolute atomic E-state index is 0. The second kappa shape index (κ2) is 11.0. The van der Waals surface area contributed by atoms with Gasteiger partial charge in [-0.15, -0.1) is 24.8 Å². The van der Waals surface area contributed by atoms with Crippen molar-refractivity contribution < 1.29 is 9.18 Å². The van der Waals surface area contributed by atoms with Crippen molar-refractivity contribution in [2.24, 2.45) is 5.92 Å². The predicted molar refractivity (Wildman–Crippen MR) is 103 cm³/mol. The Morgan fingerprint density at radius 3 is 2.84 bits per heavy atom. The van der Waals surface area contributed by atoms with Crippen molar-refractivity contribution in [3.8, 4) is 0 Å². The van der Waals surface area contributed by atoms with E-state index >= 15 is 0 Å². The van der Waals surface area contributed by atoms with Crippen LogP contribution in [-0.2, 0) is 11.3 Å². The summed E-state index contributed by atoms with van der Waals surface area (Å²) in [6, 6.07) is 7.01. The third-order valence-corrected chi connectivity index (χ3v) is 4.81. The summed E-state index contributed by atoms with van der Waals surface area (Å²) in [5.41, 5.74) is 0.975. The lowest BCUT2D eigenvalue weighted by atomic mass is 9.95. The monoisotopic (exact) mass is 391 g/mol. The van der Waals surface area contributed by atoms with Crippen molar-refractivity contribution >= 4 is 30.7 Å². The third-order valence-electron chi connectivity index (χ3n) is 4.81. The molecule has 0 spiro atoms. The zero-order chi connectivity index (χ0) is 16.1. The SMILES string of the molecule is Cl.Cl.O=C(NC1CCCNC1)C1CCCN(Cc2cccc(F)c2)C1. The molecule has 2 aliphatic rings. The summed E-state index contributed by atoms with van der Waals surface area (Å²) >= 11 is 0. The Kier molecular flexibility index (Phi) is 9.72. The first-order chi connectivity index (χ1) is 11.2. The molecule has 2 atom stereocenters. The highest BCUT2D eigenvalue weighted by Crippen LogP contribution is 2.19. The zero-order valence-corrected chi connectivity index (χ0v) is 16.0. The first-order valence-electron chi connectivity index (χ1n) is 8.68. The number of hydrogen-bond donors (Lipinski definition) is 2. The molecule has 1 amide bonds. The van der Waals surface area contributed by atoms with Crippen LogP contribution in [0.4, 0.5) is 4.39 Å². The van der Waals surface area contributed by atoms with Gasteiger partial charge >= 0.3 is 0 Å². The molecule has 3 rings (SSSR count). The van der Waals surface area contributed by atoms with E-state index in [2.05, 4.69) is 15.5 Å². The van der Waals surface area contributed by atoms with Crippen LogP contribution in [0.15, 0.2) is 24.3 Å². The Labute approximate surface area is 161 Å². The number of likely N-dealkylation sites (tertiary alicyclic amines) is 1. The fourth-order valence-corrected chi connectivity index (χ4v) is 3.60. The van der Waals surface area contributed by atoms with Crippen LogP contribution in [0.25, 0.3) is 0 Å². The van der Waals surface area contributed by atoms with E-state index in [1.165, 1.54) is 6.07 Å². The number of amides is 1. The molecule has 0 radical (unpaired) electrons. The molecule has 4 nitrogen and oxygen atoms in total. The summed E-state index contributed by atoms with van der Waals surface area (Å²) in [4.78, 5) is 14.8. The number of hydrogen-bond acceptors (Lipinski definition) is 3. The van der Waals surface area contributed by atoms with E-state index in [1.54, 1.807) is 12.1 Å². The number of halogens is 3. The maximum absolute atomic E-state index is 13.3. The molecule has 2 heterocycles. The quantitative estimate of drug-likeness (QED) is 0.828. The largest absolute Gasteiger partial charge is 0.352 e. The summed E-state index contributed by atoms with van der Waals surface area (Å²) in [6.07, 6.45) is 4.17. The number of carbonyl (C=O) groups excluding carboxylic acids is 1. The summed E-state index contributed by atoms with van der Waals surface area (Å²) in [5.74, 6) is 0.0421. The van der Waals surface area contributed by atoms with Gasteiger partial charge in [0.2, 0.25) is 5.91 Å². The Hall–Kier alpha value is -0.880. The van der Waals surface area contributed by atoms with E-state index < -0.39 is 0 Å². The normalized spacial score (nSPS) is 23.9. The average Bonchev–Trinajstić information content (AvgIpc) is 2.56. The van der Waals surface area contributed by atoms with E-state index in [9.17, 15) is 9.18 Å². The highest BCUT2D eigenvalue weighted by Gasteiger charge is 2.27. The Balaban J connectivity index is 0.00000156. The molecule has 0 aliphatic carbocycles. The predicted octanol–water partition coefficient (Wildman–Crippen LogP) is 2.75. The van der Waals surface area contributed by atoms with Crippen LogP contribution >= 0.6 is 24.8 Å². The molecule has 142 valence electrons. The van der Waals surface area contributed by atoms with Crippen molar-refractivity contribution in [1.29, 1.82) is 0 Å². The molecule has 0 aromatic heterocycles. The number of nitrogens with zero attached hydrogens (tertiary/aromatic N) is 1. The molecule has 0 bridgehead atoms. The van der Waals surface area contributed by atoms with Gasteiger partial charge in [0.05, 0.1) is 5.92 Å². The van der Waals surface area contributed by atoms with Gasteiger partial charge in [0.15, 0.2) is 0 Å². The lowest BCUT2D eigenvalue weighted by molar-refractivity contribution is -0.127. The molecule has 2 unspecified atom stereocenters. The van der Waals surface area contributed by atoms with Crippen LogP contribution in [0.5, 0.6) is 0 Å². The summed E-state index contributed by atoms with van der Waals surface area (Å²) in [6.45, 7) is 4.39. The fraction of sp³-hybridized carbons (Fsp3) is 0.611. The van der Waals surface area contributed by atoms with Crippen LogP contribution in [0.2, 0.25) is 0 Å². The lowest BCUT2D eigenvalue weighted by Gasteiger charge is -2.33. The first-order valence-corrected chi connectivity index (χ1v) is 8.68.